The third-order valence-electron chi connectivity index (χ3n) is 1.85. The molecule has 0 aliphatic heterocycles. The maximum absolute atomic E-state index is 13.3. The molecule has 0 amide bonds. The molecule has 2 aromatic rings. The molecule has 1 nitrogen and oxygen atoms in total. The van der Waals surface area contributed by atoms with Gasteiger partial charge < -0.3 is 0 Å². The van der Waals surface area contributed by atoms with Crippen LogP contribution in [0.5, 0.6) is 0 Å². The van der Waals surface area contributed by atoms with Crippen LogP contribution < -0.4 is 0 Å². The average Bonchev–Trinajstić information content (AvgIpc) is 2.67. The van der Waals surface area contributed by atoms with Gasteiger partial charge in [0.1, 0.15) is 16.5 Å². The first kappa shape index (κ1) is 10.2. The first-order chi connectivity index (χ1) is 7.18. The van der Waals surface area contributed by atoms with Crippen molar-refractivity contribution >= 4 is 11.3 Å². The topological polar surface area (TPSA) is 12.9 Å². The lowest BCUT2D eigenvalue weighted by molar-refractivity contribution is 0.147. The zero-order valence-electron chi connectivity index (χ0n) is 7.45. The van der Waals surface area contributed by atoms with E-state index in [9.17, 15) is 13.2 Å². The van der Waals surface area contributed by atoms with E-state index in [-0.39, 0.29) is 16.3 Å². The van der Waals surface area contributed by atoms with E-state index in [1.165, 1.54) is 17.5 Å². The van der Waals surface area contributed by atoms with Crippen LogP contribution >= 0.6 is 11.3 Å². The molecule has 0 spiro atoms. The Morgan fingerprint density at radius 1 is 1.20 bits per heavy atom. The largest absolute Gasteiger partial charge is 0.281 e. The zero-order valence-corrected chi connectivity index (χ0v) is 8.27. The van der Waals surface area contributed by atoms with Crippen molar-refractivity contribution in [1.82, 2.24) is 4.98 Å². The van der Waals surface area contributed by atoms with Crippen molar-refractivity contribution in [3.05, 3.63) is 41.2 Å². The number of aromatic nitrogens is 1. The normalized spacial score (nSPS) is 10.9. The summed E-state index contributed by atoms with van der Waals surface area (Å²) < 4.78 is 37.8. The SMILES string of the molecule is Fc1ccccc1-c1nc(C(F)F)cs1. The molecule has 1 heterocycles. The molecular weight excluding hydrogens is 223 g/mol. The number of halogens is 3. The van der Waals surface area contributed by atoms with E-state index in [4.69, 9.17) is 0 Å². The summed E-state index contributed by atoms with van der Waals surface area (Å²) in [5.41, 5.74) is -0.0485. The van der Waals surface area contributed by atoms with Gasteiger partial charge in [-0.3, -0.25) is 0 Å². The number of hydrogen-bond acceptors (Lipinski definition) is 2. The van der Waals surface area contributed by atoms with Gasteiger partial charge in [0, 0.05) is 10.9 Å². The van der Waals surface area contributed by atoms with Crippen LogP contribution in [0, 0.1) is 5.82 Å². The summed E-state index contributed by atoms with van der Waals surface area (Å²) in [5.74, 6) is -0.451. The molecular formula is C10H6F3NS. The molecule has 2 rings (SSSR count). The van der Waals surface area contributed by atoms with E-state index < -0.39 is 12.2 Å². The molecule has 15 heavy (non-hydrogen) atoms. The minimum absolute atomic E-state index is 0.259. The van der Waals surface area contributed by atoms with Crippen molar-refractivity contribution in [2.24, 2.45) is 0 Å². The van der Waals surface area contributed by atoms with Crippen LogP contribution in [0.2, 0.25) is 0 Å². The molecule has 0 fully saturated rings. The fourth-order valence-electron chi connectivity index (χ4n) is 1.14. The van der Waals surface area contributed by atoms with Crippen LogP contribution in [-0.2, 0) is 0 Å². The highest BCUT2D eigenvalue weighted by Crippen LogP contribution is 2.29. The predicted octanol–water partition coefficient (Wildman–Crippen LogP) is 3.89. The van der Waals surface area contributed by atoms with Crippen LogP contribution in [0.1, 0.15) is 12.1 Å². The maximum Gasteiger partial charge on any atom is 0.281 e. The summed E-state index contributed by atoms with van der Waals surface area (Å²) in [6.45, 7) is 0. The van der Waals surface area contributed by atoms with Crippen molar-refractivity contribution in [2.75, 3.05) is 0 Å². The molecule has 0 aliphatic rings. The third-order valence-corrected chi connectivity index (χ3v) is 2.74. The molecule has 0 bridgehead atoms. The standard InChI is InChI=1S/C10H6F3NS/c11-7-4-2-1-3-6(7)10-14-8(5-15-10)9(12)13/h1-5,9H. The van der Waals surface area contributed by atoms with Gasteiger partial charge in [-0.25, -0.2) is 18.2 Å². The third kappa shape index (κ3) is 2.02. The summed E-state index contributed by atoms with van der Waals surface area (Å²) in [5, 5.41) is 1.52. The number of thiazole rings is 1. The van der Waals surface area contributed by atoms with Gasteiger partial charge >= 0.3 is 0 Å². The number of nitrogens with zero attached hydrogens (tertiary/aromatic N) is 1. The Labute approximate surface area is 88.2 Å². The fraction of sp³-hybridized carbons (Fsp3) is 0.100. The minimum atomic E-state index is -2.61. The lowest BCUT2D eigenvalue weighted by atomic mass is 10.2. The fourth-order valence-corrected chi connectivity index (χ4v) is 1.98. The highest BCUT2D eigenvalue weighted by Gasteiger charge is 2.14. The molecule has 0 saturated carbocycles. The van der Waals surface area contributed by atoms with Crippen LogP contribution in [0.25, 0.3) is 10.6 Å². The van der Waals surface area contributed by atoms with Gasteiger partial charge in [0.15, 0.2) is 0 Å². The maximum atomic E-state index is 13.3. The highest BCUT2D eigenvalue weighted by molar-refractivity contribution is 7.13. The second-order valence-electron chi connectivity index (χ2n) is 2.86. The lowest BCUT2D eigenvalue weighted by Crippen LogP contribution is -1.86. The van der Waals surface area contributed by atoms with Crippen LogP contribution in [0.4, 0.5) is 13.2 Å². The molecule has 1 aromatic carbocycles. The molecule has 1 aromatic heterocycles. The Morgan fingerprint density at radius 3 is 2.53 bits per heavy atom. The first-order valence-electron chi connectivity index (χ1n) is 4.17. The van der Waals surface area contributed by atoms with Gasteiger partial charge in [-0.1, -0.05) is 12.1 Å². The van der Waals surface area contributed by atoms with E-state index in [0.717, 1.165) is 11.3 Å². The summed E-state index contributed by atoms with van der Waals surface area (Å²) in [4.78, 5) is 3.67. The van der Waals surface area contributed by atoms with Crippen molar-refractivity contribution in [2.45, 2.75) is 6.43 Å². The molecule has 0 aliphatic carbocycles. The average molecular weight is 229 g/mol. The van der Waals surface area contributed by atoms with E-state index >= 15 is 0 Å². The molecule has 0 N–H and O–H groups in total. The van der Waals surface area contributed by atoms with Crippen molar-refractivity contribution in [1.29, 1.82) is 0 Å². The van der Waals surface area contributed by atoms with Crippen molar-refractivity contribution in [3.8, 4) is 10.6 Å². The lowest BCUT2D eigenvalue weighted by Gasteiger charge is -1.97. The summed E-state index contributed by atoms with van der Waals surface area (Å²) >= 11 is 1.01. The number of benzene rings is 1. The number of alkyl halides is 2. The quantitative estimate of drug-likeness (QED) is 0.761. The van der Waals surface area contributed by atoms with Crippen molar-refractivity contribution < 1.29 is 13.2 Å². The summed E-state index contributed by atoms with van der Waals surface area (Å²) in [7, 11) is 0. The summed E-state index contributed by atoms with van der Waals surface area (Å²) in [6.07, 6.45) is -2.61. The molecule has 0 saturated heterocycles. The monoisotopic (exact) mass is 229 g/mol. The van der Waals surface area contributed by atoms with Gasteiger partial charge in [-0.05, 0) is 12.1 Å². The Hall–Kier alpha value is -1.36. The van der Waals surface area contributed by atoms with Gasteiger partial charge in [0.05, 0.1) is 0 Å². The van der Waals surface area contributed by atoms with Gasteiger partial charge in [0.2, 0.25) is 0 Å². The first-order valence-corrected chi connectivity index (χ1v) is 5.05. The Kier molecular flexibility index (Phi) is 2.73. The minimum Gasteiger partial charge on any atom is -0.235 e. The Bertz CT molecular complexity index is 467. The number of rotatable bonds is 2. The Balaban J connectivity index is 2.42. The van der Waals surface area contributed by atoms with Crippen LogP contribution in [0.3, 0.4) is 0 Å². The van der Waals surface area contributed by atoms with Gasteiger partial charge in [-0.15, -0.1) is 11.3 Å². The van der Waals surface area contributed by atoms with E-state index in [0.29, 0.717) is 0 Å². The molecule has 0 atom stereocenters. The summed E-state index contributed by atoms with van der Waals surface area (Å²) in [6, 6.07) is 5.98. The second-order valence-corrected chi connectivity index (χ2v) is 3.72. The van der Waals surface area contributed by atoms with Crippen LogP contribution in [0.15, 0.2) is 29.6 Å². The molecule has 0 unspecified atom stereocenters. The molecule has 5 heteroatoms. The smallest absolute Gasteiger partial charge is 0.235 e. The van der Waals surface area contributed by atoms with E-state index in [1.807, 2.05) is 0 Å². The predicted molar refractivity (Wildman–Crippen MR) is 52.5 cm³/mol. The zero-order chi connectivity index (χ0) is 10.8. The number of hydrogen-bond donors (Lipinski definition) is 0. The molecule has 78 valence electrons. The highest BCUT2D eigenvalue weighted by atomic mass is 32.1. The van der Waals surface area contributed by atoms with Crippen molar-refractivity contribution in [3.63, 3.8) is 0 Å². The van der Waals surface area contributed by atoms with E-state index in [2.05, 4.69) is 4.98 Å². The van der Waals surface area contributed by atoms with E-state index in [1.54, 1.807) is 12.1 Å². The Morgan fingerprint density at radius 2 is 1.93 bits per heavy atom. The van der Waals surface area contributed by atoms with Crippen LogP contribution in [-0.4, -0.2) is 4.98 Å². The molecule has 0 radical (unpaired) electrons. The van der Waals surface area contributed by atoms with Gasteiger partial charge in [-0.2, -0.15) is 0 Å². The van der Waals surface area contributed by atoms with Gasteiger partial charge in [0.25, 0.3) is 6.43 Å². The second kappa shape index (κ2) is 4.02.